The largest absolute Gasteiger partial charge is 0.493 e. The lowest BCUT2D eigenvalue weighted by molar-refractivity contribution is -0.139. The van der Waals surface area contributed by atoms with Crippen molar-refractivity contribution in [3.8, 4) is 23.0 Å². The zero-order chi connectivity index (χ0) is 27.8. The fraction of sp³-hybridized carbons (Fsp3) is 0.214. The minimum absolute atomic E-state index is 0.133. The number of carbonyl (C=O) groups is 3. The lowest BCUT2D eigenvalue weighted by Gasteiger charge is -2.12. The minimum Gasteiger partial charge on any atom is -0.493 e. The van der Waals surface area contributed by atoms with Crippen LogP contribution in [0.2, 0.25) is 0 Å². The second-order valence-electron chi connectivity index (χ2n) is 8.63. The second kappa shape index (κ2) is 12.5. The Morgan fingerprint density at radius 2 is 1.77 bits per heavy atom. The molecule has 1 heterocycles. The van der Waals surface area contributed by atoms with Gasteiger partial charge in [0.15, 0.2) is 29.6 Å². The molecule has 3 N–H and O–H groups in total. The molecule has 0 atom stereocenters. The molecule has 0 aromatic heterocycles. The maximum Gasteiger partial charge on any atom is 0.329 e. The molecule has 0 bridgehead atoms. The Balaban J connectivity index is 1.25. The molecule has 0 radical (unpaired) electrons. The van der Waals surface area contributed by atoms with Gasteiger partial charge in [0.25, 0.3) is 5.91 Å². The van der Waals surface area contributed by atoms with Crippen molar-refractivity contribution in [2.45, 2.75) is 20.4 Å². The number of nitrogens with one attached hydrogen (secondary N) is 3. The van der Waals surface area contributed by atoms with Crippen molar-refractivity contribution in [2.24, 2.45) is 5.10 Å². The Kier molecular flexibility index (Phi) is 8.62. The first-order valence-electron chi connectivity index (χ1n) is 12.0. The highest BCUT2D eigenvalue weighted by Gasteiger charge is 2.16. The molecular formula is C28H28N4O7. The van der Waals surface area contributed by atoms with E-state index >= 15 is 0 Å². The number of anilines is 1. The predicted octanol–water partition coefficient (Wildman–Crippen LogP) is 2.82. The van der Waals surface area contributed by atoms with Crippen LogP contribution in [-0.2, 0) is 20.9 Å². The van der Waals surface area contributed by atoms with E-state index in [-0.39, 0.29) is 25.9 Å². The maximum absolute atomic E-state index is 12.3. The number of hydrogen-bond acceptors (Lipinski definition) is 8. The molecular weight excluding hydrogens is 504 g/mol. The molecule has 0 aliphatic carbocycles. The van der Waals surface area contributed by atoms with Gasteiger partial charge in [-0.15, -0.1) is 0 Å². The molecule has 202 valence electrons. The number of fused-ring (bicyclic) bond motifs is 1. The van der Waals surface area contributed by atoms with Gasteiger partial charge < -0.3 is 29.6 Å². The smallest absolute Gasteiger partial charge is 0.329 e. The third-order valence-corrected chi connectivity index (χ3v) is 5.68. The van der Waals surface area contributed by atoms with Crippen molar-refractivity contribution in [2.75, 3.05) is 25.8 Å². The molecule has 4 rings (SSSR count). The summed E-state index contributed by atoms with van der Waals surface area (Å²) in [5.74, 6) is -0.133. The summed E-state index contributed by atoms with van der Waals surface area (Å²) >= 11 is 0. The van der Waals surface area contributed by atoms with Crippen LogP contribution in [-0.4, -0.2) is 44.4 Å². The van der Waals surface area contributed by atoms with Gasteiger partial charge in [0.1, 0.15) is 0 Å². The van der Waals surface area contributed by atoms with Crippen LogP contribution in [0.4, 0.5) is 5.69 Å². The fourth-order valence-corrected chi connectivity index (χ4v) is 3.70. The summed E-state index contributed by atoms with van der Waals surface area (Å²) in [6.45, 7) is 3.97. The first-order chi connectivity index (χ1) is 18.8. The molecule has 0 fully saturated rings. The highest BCUT2D eigenvalue weighted by molar-refractivity contribution is 6.35. The molecule has 3 aromatic carbocycles. The first-order valence-corrected chi connectivity index (χ1v) is 12.0. The van der Waals surface area contributed by atoms with Gasteiger partial charge in [-0.05, 0) is 66.9 Å². The molecule has 1 aliphatic heterocycles. The van der Waals surface area contributed by atoms with Gasteiger partial charge in [-0.3, -0.25) is 14.4 Å². The van der Waals surface area contributed by atoms with E-state index in [1.165, 1.54) is 13.3 Å². The SMILES string of the molecule is COc1cc(/C=N\NC(=O)C(=O)NCc2ccc3c(c2)OCO3)ccc1OCC(=O)Nc1ccc(C)cc1C. The van der Waals surface area contributed by atoms with E-state index < -0.39 is 11.8 Å². The number of aryl methyl sites for hydroxylation is 2. The zero-order valence-electron chi connectivity index (χ0n) is 21.7. The molecule has 0 spiro atoms. The molecule has 3 aromatic rings. The summed E-state index contributed by atoms with van der Waals surface area (Å²) in [7, 11) is 1.46. The maximum atomic E-state index is 12.3. The molecule has 11 nitrogen and oxygen atoms in total. The van der Waals surface area contributed by atoms with E-state index in [2.05, 4.69) is 21.2 Å². The van der Waals surface area contributed by atoms with Gasteiger partial charge in [-0.1, -0.05) is 23.8 Å². The summed E-state index contributed by atoms with van der Waals surface area (Å²) < 4.78 is 21.5. The molecule has 0 saturated heterocycles. The number of benzene rings is 3. The topological polar surface area (TPSA) is 137 Å². The van der Waals surface area contributed by atoms with E-state index in [1.54, 1.807) is 36.4 Å². The van der Waals surface area contributed by atoms with Gasteiger partial charge in [0, 0.05) is 12.2 Å². The Bertz CT molecular complexity index is 1420. The van der Waals surface area contributed by atoms with Gasteiger partial charge >= 0.3 is 11.8 Å². The summed E-state index contributed by atoms with van der Waals surface area (Å²) in [6, 6.07) is 15.9. The van der Waals surface area contributed by atoms with Crippen LogP contribution in [0.15, 0.2) is 59.7 Å². The van der Waals surface area contributed by atoms with Crippen molar-refractivity contribution in [3.63, 3.8) is 0 Å². The third-order valence-electron chi connectivity index (χ3n) is 5.68. The molecule has 39 heavy (non-hydrogen) atoms. The van der Waals surface area contributed by atoms with Crippen LogP contribution in [0.5, 0.6) is 23.0 Å². The number of carbonyl (C=O) groups excluding carboxylic acids is 3. The van der Waals surface area contributed by atoms with Crippen molar-refractivity contribution < 1.29 is 33.3 Å². The van der Waals surface area contributed by atoms with E-state index in [4.69, 9.17) is 18.9 Å². The molecule has 0 saturated carbocycles. The minimum atomic E-state index is -0.922. The summed E-state index contributed by atoms with van der Waals surface area (Å²) in [5.41, 5.74) is 6.28. The summed E-state index contributed by atoms with van der Waals surface area (Å²) in [4.78, 5) is 36.5. The molecule has 0 unspecified atom stereocenters. The van der Waals surface area contributed by atoms with E-state index in [0.717, 1.165) is 22.4 Å². The van der Waals surface area contributed by atoms with Gasteiger partial charge in [-0.2, -0.15) is 5.10 Å². The number of hydrogen-bond donors (Lipinski definition) is 3. The quantitative estimate of drug-likeness (QED) is 0.219. The first kappa shape index (κ1) is 27.0. The van der Waals surface area contributed by atoms with Crippen molar-refractivity contribution in [1.82, 2.24) is 10.7 Å². The Labute approximate surface area is 225 Å². The number of hydrazone groups is 1. The van der Waals surface area contributed by atoms with Crippen LogP contribution >= 0.6 is 0 Å². The lowest BCUT2D eigenvalue weighted by atomic mass is 10.1. The van der Waals surface area contributed by atoms with Crippen LogP contribution < -0.4 is 35.0 Å². The highest BCUT2D eigenvalue weighted by atomic mass is 16.7. The normalized spacial score (nSPS) is 11.7. The molecule has 1 aliphatic rings. The number of ether oxygens (including phenoxy) is 4. The van der Waals surface area contributed by atoms with Crippen molar-refractivity contribution in [1.29, 1.82) is 0 Å². The Hall–Kier alpha value is -5.06. The van der Waals surface area contributed by atoms with Gasteiger partial charge in [0.2, 0.25) is 6.79 Å². The number of rotatable bonds is 9. The van der Waals surface area contributed by atoms with Crippen molar-refractivity contribution in [3.05, 3.63) is 76.9 Å². The van der Waals surface area contributed by atoms with Crippen LogP contribution in [0.1, 0.15) is 22.3 Å². The Morgan fingerprint density at radius 3 is 2.56 bits per heavy atom. The van der Waals surface area contributed by atoms with Crippen LogP contribution in [0.25, 0.3) is 0 Å². The van der Waals surface area contributed by atoms with E-state index in [1.807, 2.05) is 32.0 Å². The highest BCUT2D eigenvalue weighted by Crippen LogP contribution is 2.32. The number of methoxy groups -OCH3 is 1. The van der Waals surface area contributed by atoms with Gasteiger partial charge in [-0.25, -0.2) is 5.43 Å². The number of amides is 3. The van der Waals surface area contributed by atoms with Crippen LogP contribution in [0, 0.1) is 13.8 Å². The monoisotopic (exact) mass is 532 g/mol. The average molecular weight is 533 g/mol. The van der Waals surface area contributed by atoms with E-state index in [0.29, 0.717) is 28.6 Å². The van der Waals surface area contributed by atoms with Crippen LogP contribution in [0.3, 0.4) is 0 Å². The fourth-order valence-electron chi connectivity index (χ4n) is 3.70. The molecule has 3 amide bonds. The Morgan fingerprint density at radius 1 is 0.949 bits per heavy atom. The zero-order valence-corrected chi connectivity index (χ0v) is 21.7. The second-order valence-corrected chi connectivity index (χ2v) is 8.63. The standard InChI is InChI=1S/C28H28N4O7/c1-17-4-7-21(18(2)10-17)31-26(33)15-37-22-8-6-20(11-24(22)36-3)14-30-32-28(35)27(34)29-13-19-5-9-23-25(12-19)39-16-38-23/h4-12,14H,13,15-16H2,1-3H3,(H,29,34)(H,31,33)(H,32,35)/b30-14-. The van der Waals surface area contributed by atoms with Gasteiger partial charge in [0.05, 0.1) is 13.3 Å². The summed E-state index contributed by atoms with van der Waals surface area (Å²) in [6.07, 6.45) is 1.35. The average Bonchev–Trinajstić information content (AvgIpc) is 3.40. The molecule has 11 heteroatoms. The van der Waals surface area contributed by atoms with E-state index in [9.17, 15) is 14.4 Å². The number of nitrogens with zero attached hydrogens (tertiary/aromatic N) is 1. The van der Waals surface area contributed by atoms with Crippen molar-refractivity contribution >= 4 is 29.6 Å². The predicted molar refractivity (Wildman–Crippen MR) is 143 cm³/mol. The third kappa shape index (κ3) is 7.25. The lowest BCUT2D eigenvalue weighted by Crippen LogP contribution is -2.37. The summed E-state index contributed by atoms with van der Waals surface area (Å²) in [5, 5.41) is 9.16.